The van der Waals surface area contributed by atoms with Gasteiger partial charge in [-0.05, 0) is 58.0 Å². The van der Waals surface area contributed by atoms with Crippen molar-refractivity contribution in [3.05, 3.63) is 36.3 Å². The smallest absolute Gasteiger partial charge is 0.346 e. The molecule has 8 heteroatoms. The molecule has 1 aliphatic heterocycles. The van der Waals surface area contributed by atoms with Gasteiger partial charge >= 0.3 is 6.18 Å². The van der Waals surface area contributed by atoms with Gasteiger partial charge in [0.15, 0.2) is 0 Å². The SMILES string of the molecule is CC(C)n1nc(-c2cnc3[nH]ccc3c2)cc1C1CCN(CC(F)(F)F)CC1. The van der Waals surface area contributed by atoms with E-state index in [4.69, 9.17) is 5.10 Å². The molecule has 0 bridgehead atoms. The number of pyridine rings is 1. The van der Waals surface area contributed by atoms with Crippen molar-refractivity contribution in [1.29, 1.82) is 0 Å². The standard InChI is InChI=1S/C20H24F3N5/c1-13(2)28-18(14-4-7-27(8-5-14)12-20(21,22)23)10-17(26-28)16-9-15-3-6-24-19(15)25-11-16/h3,6,9-11,13-14H,4-5,7-8,12H2,1-2H3,(H,24,25). The van der Waals surface area contributed by atoms with E-state index >= 15 is 0 Å². The summed E-state index contributed by atoms with van der Waals surface area (Å²) in [6.07, 6.45) is 0.950. The zero-order valence-electron chi connectivity index (χ0n) is 16.0. The van der Waals surface area contributed by atoms with Crippen molar-refractivity contribution in [3.8, 4) is 11.3 Å². The fourth-order valence-corrected chi connectivity index (χ4v) is 3.99. The van der Waals surface area contributed by atoms with Crippen molar-refractivity contribution >= 4 is 11.0 Å². The Balaban J connectivity index is 1.57. The van der Waals surface area contributed by atoms with Crippen LogP contribution in [0.3, 0.4) is 0 Å². The fourth-order valence-electron chi connectivity index (χ4n) is 3.99. The summed E-state index contributed by atoms with van der Waals surface area (Å²) in [6.45, 7) is 4.25. The average Bonchev–Trinajstić information content (AvgIpc) is 3.27. The molecule has 5 nitrogen and oxygen atoms in total. The third-order valence-electron chi connectivity index (χ3n) is 5.36. The molecule has 0 atom stereocenters. The minimum atomic E-state index is -4.14. The molecule has 0 saturated carbocycles. The van der Waals surface area contributed by atoms with Gasteiger partial charge in [-0.1, -0.05) is 0 Å². The zero-order chi connectivity index (χ0) is 19.9. The fraction of sp³-hybridized carbons (Fsp3) is 0.500. The third-order valence-corrected chi connectivity index (χ3v) is 5.36. The number of alkyl halides is 3. The Bertz CT molecular complexity index is 948. The maximum absolute atomic E-state index is 12.6. The molecule has 28 heavy (non-hydrogen) atoms. The van der Waals surface area contributed by atoms with E-state index in [9.17, 15) is 13.2 Å². The van der Waals surface area contributed by atoms with E-state index in [0.717, 1.165) is 28.0 Å². The number of hydrogen-bond donors (Lipinski definition) is 1. The van der Waals surface area contributed by atoms with Crippen LogP contribution in [0.2, 0.25) is 0 Å². The number of H-pyrrole nitrogens is 1. The van der Waals surface area contributed by atoms with E-state index < -0.39 is 12.7 Å². The van der Waals surface area contributed by atoms with E-state index in [1.54, 1.807) is 0 Å². The van der Waals surface area contributed by atoms with Gasteiger partial charge in [-0.3, -0.25) is 9.58 Å². The summed E-state index contributed by atoms with van der Waals surface area (Å²) in [5.74, 6) is 0.220. The lowest BCUT2D eigenvalue weighted by molar-refractivity contribution is -0.148. The molecule has 1 saturated heterocycles. The van der Waals surface area contributed by atoms with Crippen molar-refractivity contribution in [1.82, 2.24) is 24.6 Å². The van der Waals surface area contributed by atoms with Crippen LogP contribution < -0.4 is 0 Å². The summed E-state index contributed by atoms with van der Waals surface area (Å²) >= 11 is 0. The van der Waals surface area contributed by atoms with E-state index in [1.165, 1.54) is 4.90 Å². The van der Waals surface area contributed by atoms with Gasteiger partial charge in [0.25, 0.3) is 0 Å². The van der Waals surface area contributed by atoms with Crippen molar-refractivity contribution in [2.24, 2.45) is 0 Å². The first-order chi connectivity index (χ1) is 13.3. The molecule has 1 aliphatic rings. The van der Waals surface area contributed by atoms with Crippen LogP contribution in [0.15, 0.2) is 30.6 Å². The second-order valence-corrected chi connectivity index (χ2v) is 7.80. The van der Waals surface area contributed by atoms with Gasteiger partial charge in [0.1, 0.15) is 5.65 Å². The van der Waals surface area contributed by atoms with Crippen LogP contribution in [0.5, 0.6) is 0 Å². The Morgan fingerprint density at radius 1 is 1.21 bits per heavy atom. The third kappa shape index (κ3) is 3.92. The van der Waals surface area contributed by atoms with Crippen LogP contribution in [0.1, 0.15) is 44.3 Å². The molecule has 0 amide bonds. The molecule has 4 rings (SSSR count). The number of halogens is 3. The van der Waals surface area contributed by atoms with Crippen molar-refractivity contribution in [2.75, 3.05) is 19.6 Å². The number of aromatic amines is 1. The predicted molar refractivity (Wildman–Crippen MR) is 102 cm³/mol. The Labute approximate surface area is 161 Å². The highest BCUT2D eigenvalue weighted by atomic mass is 19.4. The predicted octanol–water partition coefficient (Wildman–Crippen LogP) is 4.75. The maximum Gasteiger partial charge on any atom is 0.401 e. The van der Waals surface area contributed by atoms with Crippen molar-refractivity contribution < 1.29 is 13.2 Å². The largest absolute Gasteiger partial charge is 0.401 e. The van der Waals surface area contributed by atoms with Crippen molar-refractivity contribution in [2.45, 2.75) is 44.8 Å². The molecule has 0 unspecified atom stereocenters. The molecule has 0 radical (unpaired) electrons. The number of aromatic nitrogens is 4. The number of hydrogen-bond acceptors (Lipinski definition) is 3. The Morgan fingerprint density at radius 2 is 1.96 bits per heavy atom. The molecule has 4 heterocycles. The van der Waals surface area contributed by atoms with Gasteiger partial charge < -0.3 is 4.98 Å². The quantitative estimate of drug-likeness (QED) is 0.698. The van der Waals surface area contributed by atoms with Gasteiger partial charge in [-0.2, -0.15) is 18.3 Å². The maximum atomic E-state index is 12.6. The molecular weight excluding hydrogens is 367 g/mol. The van der Waals surface area contributed by atoms with Gasteiger partial charge in [0.05, 0.1) is 12.2 Å². The van der Waals surface area contributed by atoms with E-state index in [2.05, 4.69) is 35.9 Å². The Hall–Kier alpha value is -2.35. The Kier molecular flexibility index (Phi) is 4.91. The van der Waals surface area contributed by atoms with Crippen LogP contribution in [-0.4, -0.2) is 50.5 Å². The topological polar surface area (TPSA) is 49.7 Å². The van der Waals surface area contributed by atoms with Crippen LogP contribution >= 0.6 is 0 Å². The van der Waals surface area contributed by atoms with E-state index in [0.29, 0.717) is 25.9 Å². The monoisotopic (exact) mass is 391 g/mol. The number of likely N-dealkylation sites (tertiary alicyclic amines) is 1. The number of nitrogens with one attached hydrogen (secondary N) is 1. The van der Waals surface area contributed by atoms with Crippen molar-refractivity contribution in [3.63, 3.8) is 0 Å². The summed E-state index contributed by atoms with van der Waals surface area (Å²) < 4.78 is 39.9. The molecular formula is C20H24F3N5. The van der Waals surface area contributed by atoms with E-state index in [-0.39, 0.29) is 12.0 Å². The normalized spacial score (nSPS) is 17.1. The molecule has 3 aromatic heterocycles. The lowest BCUT2D eigenvalue weighted by Crippen LogP contribution is -2.39. The minimum Gasteiger partial charge on any atom is -0.346 e. The molecule has 1 fully saturated rings. The summed E-state index contributed by atoms with van der Waals surface area (Å²) in [4.78, 5) is 9.02. The average molecular weight is 391 g/mol. The molecule has 150 valence electrons. The second-order valence-electron chi connectivity index (χ2n) is 7.80. The van der Waals surface area contributed by atoms with Crippen LogP contribution in [-0.2, 0) is 0 Å². The summed E-state index contributed by atoms with van der Waals surface area (Å²) in [5, 5.41) is 5.82. The minimum absolute atomic E-state index is 0.181. The first-order valence-electron chi connectivity index (χ1n) is 9.62. The van der Waals surface area contributed by atoms with Crippen LogP contribution in [0.4, 0.5) is 13.2 Å². The second kappa shape index (κ2) is 7.24. The number of fused-ring (bicyclic) bond motifs is 1. The van der Waals surface area contributed by atoms with Crippen LogP contribution in [0, 0.1) is 0 Å². The van der Waals surface area contributed by atoms with Gasteiger partial charge in [0, 0.05) is 41.0 Å². The zero-order valence-corrected chi connectivity index (χ0v) is 16.0. The Morgan fingerprint density at radius 3 is 2.64 bits per heavy atom. The molecule has 0 aromatic carbocycles. The highest BCUT2D eigenvalue weighted by Crippen LogP contribution is 2.33. The summed E-state index contributed by atoms with van der Waals surface area (Å²) in [5.41, 5.74) is 3.74. The number of rotatable bonds is 4. The first kappa shape index (κ1) is 19.0. The lowest BCUT2D eigenvalue weighted by Gasteiger charge is -2.32. The lowest BCUT2D eigenvalue weighted by atomic mass is 9.92. The molecule has 3 aromatic rings. The number of piperidine rings is 1. The molecule has 0 aliphatic carbocycles. The first-order valence-corrected chi connectivity index (χ1v) is 9.62. The highest BCUT2D eigenvalue weighted by molar-refractivity contribution is 5.80. The van der Waals surface area contributed by atoms with Gasteiger partial charge in [-0.15, -0.1) is 0 Å². The number of nitrogens with zero attached hydrogens (tertiary/aromatic N) is 4. The van der Waals surface area contributed by atoms with Gasteiger partial charge in [0.2, 0.25) is 0 Å². The molecule has 1 N–H and O–H groups in total. The highest BCUT2D eigenvalue weighted by Gasteiger charge is 2.33. The molecule has 0 spiro atoms. The van der Waals surface area contributed by atoms with Crippen LogP contribution in [0.25, 0.3) is 22.3 Å². The van der Waals surface area contributed by atoms with Gasteiger partial charge in [-0.25, -0.2) is 4.98 Å². The summed E-state index contributed by atoms with van der Waals surface area (Å²) in [7, 11) is 0. The summed E-state index contributed by atoms with van der Waals surface area (Å²) in [6, 6.07) is 6.30. The van der Waals surface area contributed by atoms with E-state index in [1.807, 2.05) is 23.1 Å².